The summed E-state index contributed by atoms with van der Waals surface area (Å²) in [5, 5.41) is 0. The minimum absolute atomic E-state index is 0. The molecular formula is C2H8NaO2Si. The van der Waals surface area contributed by atoms with Crippen molar-refractivity contribution in [3.63, 3.8) is 0 Å². The molecule has 0 amide bonds. The number of hydrogen-bond donors (Lipinski definition) is 2. The molecule has 0 aromatic rings. The van der Waals surface area contributed by atoms with Crippen LogP contribution in [-0.2, 0) is 0 Å². The Morgan fingerprint density at radius 3 is 1.17 bits per heavy atom. The second kappa shape index (κ2) is 3.18. The zero-order valence-electron chi connectivity index (χ0n) is 4.39. The first kappa shape index (κ1) is 10.2. The topological polar surface area (TPSA) is 40.5 Å². The Labute approximate surface area is 60.7 Å². The van der Waals surface area contributed by atoms with Crippen LogP contribution in [0.1, 0.15) is 0 Å². The van der Waals surface area contributed by atoms with Gasteiger partial charge in [-0.25, -0.2) is 0 Å². The van der Waals surface area contributed by atoms with E-state index in [1.54, 1.807) is 0 Å². The van der Waals surface area contributed by atoms with Gasteiger partial charge < -0.3 is 9.59 Å². The average molecular weight is 115 g/mol. The molecular weight excluding hydrogens is 107 g/mol. The second-order valence-corrected chi connectivity index (χ2v) is 4.48. The van der Waals surface area contributed by atoms with Crippen molar-refractivity contribution in [2.24, 2.45) is 0 Å². The van der Waals surface area contributed by atoms with Gasteiger partial charge in [-0.1, -0.05) is 0 Å². The molecule has 33 valence electrons. The van der Waals surface area contributed by atoms with E-state index in [2.05, 4.69) is 0 Å². The fourth-order valence-electron chi connectivity index (χ4n) is 0. The van der Waals surface area contributed by atoms with Crippen LogP contribution in [0, 0.1) is 0 Å². The summed E-state index contributed by atoms with van der Waals surface area (Å²) in [6.07, 6.45) is 0. The molecule has 0 bridgehead atoms. The molecule has 0 aliphatic carbocycles. The van der Waals surface area contributed by atoms with E-state index in [0.717, 1.165) is 0 Å². The van der Waals surface area contributed by atoms with E-state index in [0.29, 0.717) is 0 Å². The van der Waals surface area contributed by atoms with Gasteiger partial charge in [-0.2, -0.15) is 0 Å². The molecule has 0 aromatic carbocycles. The van der Waals surface area contributed by atoms with Gasteiger partial charge in [0.1, 0.15) is 0 Å². The third-order valence-electron chi connectivity index (χ3n) is 0. The maximum absolute atomic E-state index is 8.22. The number of rotatable bonds is 0. The molecule has 6 heavy (non-hydrogen) atoms. The molecule has 4 heteroatoms. The minimum Gasteiger partial charge on any atom is -0.411 e. The Morgan fingerprint density at radius 1 is 1.17 bits per heavy atom. The summed E-state index contributed by atoms with van der Waals surface area (Å²) in [5.41, 5.74) is 0. The van der Waals surface area contributed by atoms with Gasteiger partial charge in [-0.05, 0) is 13.1 Å². The van der Waals surface area contributed by atoms with E-state index in [4.69, 9.17) is 9.59 Å². The van der Waals surface area contributed by atoms with Gasteiger partial charge in [0.15, 0.2) is 0 Å². The zero-order valence-corrected chi connectivity index (χ0v) is 7.39. The molecule has 0 saturated heterocycles. The van der Waals surface area contributed by atoms with Gasteiger partial charge in [0.2, 0.25) is 0 Å². The third-order valence-corrected chi connectivity index (χ3v) is 0. The van der Waals surface area contributed by atoms with Crippen molar-refractivity contribution >= 4 is 38.1 Å². The van der Waals surface area contributed by atoms with Crippen LogP contribution < -0.4 is 0 Å². The molecule has 0 heterocycles. The van der Waals surface area contributed by atoms with Crippen LogP contribution >= 0.6 is 0 Å². The normalized spacial score (nSPS) is 10.0. The van der Waals surface area contributed by atoms with Crippen molar-refractivity contribution in [1.29, 1.82) is 0 Å². The molecule has 0 aliphatic rings. The molecule has 0 aromatic heterocycles. The molecule has 0 saturated carbocycles. The van der Waals surface area contributed by atoms with Gasteiger partial charge >= 0.3 is 8.56 Å². The monoisotopic (exact) mass is 115 g/mol. The van der Waals surface area contributed by atoms with E-state index in [1.165, 1.54) is 13.1 Å². The van der Waals surface area contributed by atoms with Crippen molar-refractivity contribution in [3.8, 4) is 0 Å². The molecule has 2 nitrogen and oxygen atoms in total. The van der Waals surface area contributed by atoms with Crippen molar-refractivity contribution in [2.75, 3.05) is 0 Å². The molecule has 0 fully saturated rings. The van der Waals surface area contributed by atoms with Crippen molar-refractivity contribution in [3.05, 3.63) is 0 Å². The molecule has 2 N–H and O–H groups in total. The summed E-state index contributed by atoms with van der Waals surface area (Å²) in [7, 11) is -2.61. The van der Waals surface area contributed by atoms with Gasteiger partial charge in [0.05, 0.1) is 0 Å². The van der Waals surface area contributed by atoms with Crippen LogP contribution in [0.2, 0.25) is 13.1 Å². The summed E-state index contributed by atoms with van der Waals surface area (Å²) in [6.45, 7) is 2.88. The largest absolute Gasteiger partial charge is 0.411 e. The van der Waals surface area contributed by atoms with E-state index in [9.17, 15) is 0 Å². The molecule has 1 radical (unpaired) electrons. The summed E-state index contributed by atoms with van der Waals surface area (Å²) in [6, 6.07) is 0. The molecule has 0 aliphatic heterocycles. The smallest absolute Gasteiger partial charge is 0.326 e. The van der Waals surface area contributed by atoms with E-state index < -0.39 is 8.56 Å². The Balaban J connectivity index is 0. The zero-order chi connectivity index (χ0) is 4.50. The van der Waals surface area contributed by atoms with Gasteiger partial charge in [-0.15, -0.1) is 0 Å². The summed E-state index contributed by atoms with van der Waals surface area (Å²) >= 11 is 0. The van der Waals surface area contributed by atoms with Crippen LogP contribution in [0.3, 0.4) is 0 Å². The van der Waals surface area contributed by atoms with Crippen LogP contribution in [0.4, 0.5) is 0 Å². The predicted octanol–water partition coefficient (Wildman–Crippen LogP) is -0.708. The maximum atomic E-state index is 8.22. The predicted molar refractivity (Wildman–Crippen MR) is 27.7 cm³/mol. The standard InChI is InChI=1S/C2H8O2Si.Na/c1-5(2,3)4;/h3-4H,1-2H3;. The Morgan fingerprint density at radius 2 is 1.17 bits per heavy atom. The van der Waals surface area contributed by atoms with Crippen molar-refractivity contribution in [1.82, 2.24) is 0 Å². The van der Waals surface area contributed by atoms with E-state index >= 15 is 0 Å². The maximum Gasteiger partial charge on any atom is 0.326 e. The molecule has 0 unspecified atom stereocenters. The fraction of sp³-hybridized carbons (Fsp3) is 1.00. The summed E-state index contributed by atoms with van der Waals surface area (Å²) in [4.78, 5) is 16.4. The first-order valence-electron chi connectivity index (χ1n) is 1.45. The van der Waals surface area contributed by atoms with Crippen LogP contribution in [0.5, 0.6) is 0 Å². The SMILES string of the molecule is C[Si](C)(O)O.[Na]. The Hall–Kier alpha value is 1.14. The second-order valence-electron chi connectivity index (χ2n) is 1.49. The van der Waals surface area contributed by atoms with Crippen LogP contribution in [0.15, 0.2) is 0 Å². The van der Waals surface area contributed by atoms with E-state index in [-0.39, 0.29) is 29.6 Å². The molecule has 0 atom stereocenters. The molecule has 0 rings (SSSR count). The Kier molecular flexibility index (Phi) is 5.40. The summed E-state index contributed by atoms with van der Waals surface area (Å²) in [5.74, 6) is 0. The fourth-order valence-corrected chi connectivity index (χ4v) is 0. The van der Waals surface area contributed by atoms with Crippen molar-refractivity contribution in [2.45, 2.75) is 13.1 Å². The van der Waals surface area contributed by atoms with Gasteiger partial charge in [-0.3, -0.25) is 0 Å². The van der Waals surface area contributed by atoms with Crippen molar-refractivity contribution < 1.29 is 9.59 Å². The van der Waals surface area contributed by atoms with Gasteiger partial charge in [0.25, 0.3) is 0 Å². The Bertz CT molecular complexity index is 27.0. The molecule has 0 spiro atoms. The average Bonchev–Trinajstić information content (AvgIpc) is 0.722. The number of hydrogen-bond acceptors (Lipinski definition) is 2. The quantitative estimate of drug-likeness (QED) is 0.409. The first-order chi connectivity index (χ1) is 2.00. The van der Waals surface area contributed by atoms with Gasteiger partial charge in [0, 0.05) is 29.6 Å². The summed E-state index contributed by atoms with van der Waals surface area (Å²) < 4.78 is 0. The van der Waals surface area contributed by atoms with E-state index in [1.807, 2.05) is 0 Å². The minimum atomic E-state index is -2.61. The third kappa shape index (κ3) is 68.0. The van der Waals surface area contributed by atoms with Crippen LogP contribution in [-0.4, -0.2) is 47.7 Å². The van der Waals surface area contributed by atoms with Crippen LogP contribution in [0.25, 0.3) is 0 Å². The first-order valence-corrected chi connectivity index (χ1v) is 4.34.